The summed E-state index contributed by atoms with van der Waals surface area (Å²) in [7, 11) is 0. The number of rotatable bonds is 6. The van der Waals surface area contributed by atoms with Crippen molar-refractivity contribution in [3.63, 3.8) is 0 Å². The molecule has 84 valence electrons. The Kier molecular flexibility index (Phi) is 5.74. The Balaban J connectivity index is 2.40. The number of nitrogens with one attached hydrogen (secondary N) is 1. The summed E-state index contributed by atoms with van der Waals surface area (Å²) in [5.41, 5.74) is 1.19. The van der Waals surface area contributed by atoms with E-state index in [0.29, 0.717) is 6.04 Å². The van der Waals surface area contributed by atoms with E-state index < -0.39 is 0 Å². The summed E-state index contributed by atoms with van der Waals surface area (Å²) in [4.78, 5) is 0. The van der Waals surface area contributed by atoms with Crippen molar-refractivity contribution < 1.29 is 0 Å². The zero-order chi connectivity index (χ0) is 11.1. The summed E-state index contributed by atoms with van der Waals surface area (Å²) in [5, 5.41) is 4.34. The summed E-state index contributed by atoms with van der Waals surface area (Å²) in [6.45, 7) is 5.45. The summed E-state index contributed by atoms with van der Waals surface area (Å²) in [6.07, 6.45) is 3.80. The predicted octanol–water partition coefficient (Wildman–Crippen LogP) is 4.18. The topological polar surface area (TPSA) is 12.0 Å². The Hall–Kier alpha value is -0.530. The van der Waals surface area contributed by atoms with E-state index in [0.717, 1.165) is 11.6 Å². The molecule has 0 fully saturated rings. The van der Waals surface area contributed by atoms with Crippen LogP contribution in [0.25, 0.3) is 0 Å². The van der Waals surface area contributed by atoms with Crippen molar-refractivity contribution in [3.8, 4) is 0 Å². The molecule has 0 bridgehead atoms. The largest absolute Gasteiger partial charge is 0.310 e. The lowest BCUT2D eigenvalue weighted by atomic mass is 10.1. The van der Waals surface area contributed by atoms with Crippen LogP contribution >= 0.6 is 11.6 Å². The van der Waals surface area contributed by atoms with Crippen LogP contribution in [0.4, 0.5) is 0 Å². The van der Waals surface area contributed by atoms with Crippen molar-refractivity contribution in [1.29, 1.82) is 0 Å². The minimum Gasteiger partial charge on any atom is -0.310 e. The molecule has 0 saturated carbocycles. The van der Waals surface area contributed by atoms with Crippen LogP contribution in [-0.2, 0) is 0 Å². The van der Waals surface area contributed by atoms with Crippen LogP contribution in [0.3, 0.4) is 0 Å². The third-order valence-electron chi connectivity index (χ3n) is 2.60. The Labute approximate surface area is 97.8 Å². The summed E-state index contributed by atoms with van der Waals surface area (Å²) >= 11 is 6.12. The highest BCUT2D eigenvalue weighted by molar-refractivity contribution is 6.31. The Morgan fingerprint density at radius 3 is 2.67 bits per heavy atom. The molecular formula is C13H20ClN. The predicted molar refractivity (Wildman–Crippen MR) is 67.4 cm³/mol. The second kappa shape index (κ2) is 6.86. The molecule has 0 aliphatic rings. The fraction of sp³-hybridized carbons (Fsp3) is 0.538. The molecule has 0 aromatic heterocycles. The number of benzene rings is 1. The Bertz CT molecular complexity index is 286. The van der Waals surface area contributed by atoms with Gasteiger partial charge in [0.15, 0.2) is 0 Å². The van der Waals surface area contributed by atoms with E-state index >= 15 is 0 Å². The van der Waals surface area contributed by atoms with E-state index in [4.69, 9.17) is 11.6 Å². The van der Waals surface area contributed by atoms with Crippen LogP contribution in [-0.4, -0.2) is 6.54 Å². The molecule has 0 spiro atoms. The molecule has 0 saturated heterocycles. The summed E-state index contributed by atoms with van der Waals surface area (Å²) in [5.74, 6) is 0. The van der Waals surface area contributed by atoms with Gasteiger partial charge in [-0.2, -0.15) is 0 Å². The average molecular weight is 226 g/mol. The number of unbranched alkanes of at least 4 members (excludes halogenated alkanes) is 2. The number of hydrogen-bond acceptors (Lipinski definition) is 1. The van der Waals surface area contributed by atoms with Gasteiger partial charge in [-0.25, -0.2) is 0 Å². The van der Waals surface area contributed by atoms with E-state index in [2.05, 4.69) is 25.2 Å². The standard InChI is InChI=1S/C13H20ClN/c1-3-4-7-10-15-11(2)12-8-5-6-9-13(12)14/h5-6,8-9,11,15H,3-4,7,10H2,1-2H3/t11-/m0/s1. The van der Waals surface area contributed by atoms with Crippen LogP contribution in [0, 0.1) is 0 Å². The highest BCUT2D eigenvalue weighted by atomic mass is 35.5. The van der Waals surface area contributed by atoms with Crippen LogP contribution in [0.2, 0.25) is 5.02 Å². The second-order valence-corrected chi connectivity index (χ2v) is 4.31. The quantitative estimate of drug-likeness (QED) is 0.717. The fourth-order valence-corrected chi connectivity index (χ4v) is 1.93. The van der Waals surface area contributed by atoms with Gasteiger partial charge in [-0.3, -0.25) is 0 Å². The molecule has 2 heteroatoms. The van der Waals surface area contributed by atoms with Gasteiger partial charge in [0.25, 0.3) is 0 Å². The smallest absolute Gasteiger partial charge is 0.0453 e. The second-order valence-electron chi connectivity index (χ2n) is 3.90. The molecular weight excluding hydrogens is 206 g/mol. The number of halogens is 1. The van der Waals surface area contributed by atoms with Crippen LogP contribution in [0.5, 0.6) is 0 Å². The van der Waals surface area contributed by atoms with Crippen molar-refractivity contribution in [3.05, 3.63) is 34.9 Å². The average Bonchev–Trinajstić information content (AvgIpc) is 2.25. The zero-order valence-electron chi connectivity index (χ0n) is 9.59. The van der Waals surface area contributed by atoms with Crippen LogP contribution in [0.1, 0.15) is 44.7 Å². The first-order chi connectivity index (χ1) is 7.25. The van der Waals surface area contributed by atoms with Crippen molar-refractivity contribution in [1.82, 2.24) is 5.32 Å². The molecule has 1 atom stereocenters. The van der Waals surface area contributed by atoms with Gasteiger partial charge in [0, 0.05) is 11.1 Å². The highest BCUT2D eigenvalue weighted by Gasteiger charge is 2.07. The van der Waals surface area contributed by atoms with Gasteiger partial charge in [-0.1, -0.05) is 49.6 Å². The van der Waals surface area contributed by atoms with Gasteiger partial charge in [0.05, 0.1) is 0 Å². The van der Waals surface area contributed by atoms with Crippen LogP contribution < -0.4 is 5.32 Å². The Morgan fingerprint density at radius 1 is 1.27 bits per heavy atom. The minimum absolute atomic E-state index is 0.343. The van der Waals surface area contributed by atoms with Crippen molar-refractivity contribution in [2.45, 2.75) is 39.2 Å². The third kappa shape index (κ3) is 4.23. The van der Waals surface area contributed by atoms with E-state index in [9.17, 15) is 0 Å². The molecule has 0 amide bonds. The molecule has 1 aromatic carbocycles. The minimum atomic E-state index is 0.343. The molecule has 15 heavy (non-hydrogen) atoms. The van der Waals surface area contributed by atoms with Gasteiger partial charge in [-0.05, 0) is 31.5 Å². The molecule has 0 heterocycles. The maximum absolute atomic E-state index is 6.12. The third-order valence-corrected chi connectivity index (χ3v) is 2.95. The normalized spacial score (nSPS) is 12.7. The van der Waals surface area contributed by atoms with Gasteiger partial charge >= 0.3 is 0 Å². The van der Waals surface area contributed by atoms with Gasteiger partial charge in [0.2, 0.25) is 0 Å². The van der Waals surface area contributed by atoms with Crippen molar-refractivity contribution >= 4 is 11.6 Å². The van der Waals surface area contributed by atoms with Crippen LogP contribution in [0.15, 0.2) is 24.3 Å². The summed E-state index contributed by atoms with van der Waals surface area (Å²) in [6, 6.07) is 8.37. The van der Waals surface area contributed by atoms with E-state index in [1.165, 1.54) is 24.8 Å². The molecule has 1 aromatic rings. The molecule has 0 unspecified atom stereocenters. The maximum Gasteiger partial charge on any atom is 0.0453 e. The lowest BCUT2D eigenvalue weighted by Gasteiger charge is -2.15. The molecule has 0 radical (unpaired) electrons. The first-order valence-electron chi connectivity index (χ1n) is 5.73. The van der Waals surface area contributed by atoms with Gasteiger partial charge < -0.3 is 5.32 Å². The monoisotopic (exact) mass is 225 g/mol. The lowest BCUT2D eigenvalue weighted by Crippen LogP contribution is -2.20. The molecule has 0 aliphatic heterocycles. The molecule has 0 aliphatic carbocycles. The Morgan fingerprint density at radius 2 is 2.00 bits per heavy atom. The van der Waals surface area contributed by atoms with Crippen molar-refractivity contribution in [2.24, 2.45) is 0 Å². The zero-order valence-corrected chi connectivity index (χ0v) is 10.3. The molecule has 1 rings (SSSR count). The fourth-order valence-electron chi connectivity index (χ4n) is 1.63. The highest BCUT2D eigenvalue weighted by Crippen LogP contribution is 2.21. The van der Waals surface area contributed by atoms with Crippen molar-refractivity contribution in [2.75, 3.05) is 6.54 Å². The first-order valence-corrected chi connectivity index (χ1v) is 6.11. The van der Waals surface area contributed by atoms with E-state index in [-0.39, 0.29) is 0 Å². The van der Waals surface area contributed by atoms with Gasteiger partial charge in [0.1, 0.15) is 0 Å². The molecule has 1 N–H and O–H groups in total. The SMILES string of the molecule is CCCCCN[C@@H](C)c1ccccc1Cl. The van der Waals surface area contributed by atoms with E-state index in [1.807, 2.05) is 18.2 Å². The molecule has 1 nitrogen and oxygen atoms in total. The van der Waals surface area contributed by atoms with Gasteiger partial charge in [-0.15, -0.1) is 0 Å². The lowest BCUT2D eigenvalue weighted by molar-refractivity contribution is 0.544. The first kappa shape index (κ1) is 12.5. The number of hydrogen-bond donors (Lipinski definition) is 1. The van der Waals surface area contributed by atoms with E-state index in [1.54, 1.807) is 0 Å². The summed E-state index contributed by atoms with van der Waals surface area (Å²) < 4.78 is 0. The maximum atomic E-state index is 6.12.